The average molecular weight is 327 g/mol. The Kier molecular flexibility index (Phi) is 4.83. The molecule has 0 N–H and O–H groups in total. The van der Waals surface area contributed by atoms with Crippen molar-refractivity contribution < 1.29 is 4.74 Å². The van der Waals surface area contributed by atoms with Crippen molar-refractivity contribution in [2.75, 3.05) is 6.61 Å². The highest BCUT2D eigenvalue weighted by atomic mass is 16.5. The van der Waals surface area contributed by atoms with Crippen molar-refractivity contribution in [3.05, 3.63) is 42.0 Å². The molecule has 0 aromatic carbocycles. The molecule has 0 saturated carbocycles. The summed E-state index contributed by atoms with van der Waals surface area (Å²) in [7, 11) is 0. The monoisotopic (exact) mass is 327 g/mol. The first-order chi connectivity index (χ1) is 11.6. The first-order valence-electron chi connectivity index (χ1n) is 8.54. The van der Waals surface area contributed by atoms with Gasteiger partial charge in [-0.25, -0.2) is 14.2 Å². The van der Waals surface area contributed by atoms with Crippen LogP contribution in [0.5, 0.6) is 5.88 Å². The van der Waals surface area contributed by atoms with Gasteiger partial charge in [-0.3, -0.25) is 0 Å². The lowest BCUT2D eigenvalue weighted by Gasteiger charge is -2.16. The van der Waals surface area contributed by atoms with Gasteiger partial charge in [0.15, 0.2) is 5.65 Å². The maximum Gasteiger partial charge on any atom is 0.215 e. The smallest absolute Gasteiger partial charge is 0.215 e. The van der Waals surface area contributed by atoms with E-state index in [1.807, 2.05) is 29.3 Å². The van der Waals surface area contributed by atoms with Crippen LogP contribution in [0, 0.1) is 0 Å². The number of aryl methyl sites for hydroxylation is 1. The molecule has 4 rings (SSSR count). The normalized spacial score (nSPS) is 13.6. The lowest BCUT2D eigenvalue weighted by atomic mass is 10.1. The third kappa shape index (κ3) is 3.42. The summed E-state index contributed by atoms with van der Waals surface area (Å²) >= 11 is 0. The van der Waals surface area contributed by atoms with Gasteiger partial charge >= 0.3 is 0 Å². The second-order valence-electron chi connectivity index (χ2n) is 6.66. The molecule has 24 heavy (non-hydrogen) atoms. The molecule has 6 heteroatoms. The molecule has 1 aliphatic heterocycles. The first-order valence-corrected chi connectivity index (χ1v) is 8.54. The lowest BCUT2D eigenvalue weighted by molar-refractivity contribution is 0.227. The Bertz CT molecular complexity index is 803. The van der Waals surface area contributed by atoms with Gasteiger partial charge < -0.3 is 4.74 Å². The molecule has 0 aliphatic carbocycles. The van der Waals surface area contributed by atoms with E-state index in [-0.39, 0.29) is 0 Å². The molecule has 3 aromatic heterocycles. The Morgan fingerprint density at radius 2 is 1.92 bits per heavy atom. The molecular formula is C18H25N5O. The molecule has 3 aromatic rings. The number of ether oxygens (including phenoxy) is 1. The molecule has 1 aliphatic rings. The summed E-state index contributed by atoms with van der Waals surface area (Å²) in [5.41, 5.74) is 3.35. The highest BCUT2D eigenvalue weighted by Gasteiger charge is 2.17. The summed E-state index contributed by atoms with van der Waals surface area (Å²) in [4.78, 5) is 4.26. The predicted octanol–water partition coefficient (Wildman–Crippen LogP) is 3.64. The van der Waals surface area contributed by atoms with Gasteiger partial charge in [0.2, 0.25) is 5.88 Å². The minimum atomic E-state index is 0.506. The van der Waals surface area contributed by atoms with Crippen LogP contribution >= 0.6 is 0 Å². The number of nitrogens with zero attached hydrogens (tertiary/aromatic N) is 5. The largest absolute Gasteiger partial charge is 0.478 e. The topological polar surface area (TPSA) is 57.2 Å². The Balaban J connectivity index is 0.000000141. The summed E-state index contributed by atoms with van der Waals surface area (Å²) in [5, 5.41) is 8.39. The van der Waals surface area contributed by atoms with Crippen molar-refractivity contribution in [3.63, 3.8) is 0 Å². The van der Waals surface area contributed by atoms with Gasteiger partial charge in [0, 0.05) is 37.0 Å². The fourth-order valence-corrected chi connectivity index (χ4v) is 2.61. The number of hydrogen-bond acceptors (Lipinski definition) is 4. The van der Waals surface area contributed by atoms with Crippen LogP contribution in [0.2, 0.25) is 0 Å². The van der Waals surface area contributed by atoms with E-state index in [4.69, 9.17) is 4.74 Å². The van der Waals surface area contributed by atoms with Gasteiger partial charge in [0.1, 0.15) is 0 Å². The van der Waals surface area contributed by atoms with E-state index < -0.39 is 0 Å². The molecule has 0 bridgehead atoms. The van der Waals surface area contributed by atoms with Crippen molar-refractivity contribution in [2.24, 2.45) is 0 Å². The SMILES string of the molecule is CC(C)c1cnc2ccnn2c1.CC(C)c1cnn2c1OCCC2. The molecular weight excluding hydrogens is 302 g/mol. The van der Waals surface area contributed by atoms with Gasteiger partial charge in [-0.15, -0.1) is 0 Å². The Hall–Kier alpha value is -2.37. The number of fused-ring (bicyclic) bond motifs is 2. The molecule has 0 unspecified atom stereocenters. The zero-order valence-electron chi connectivity index (χ0n) is 14.8. The number of hydrogen-bond donors (Lipinski definition) is 0. The summed E-state index contributed by atoms with van der Waals surface area (Å²) in [6.07, 6.45) is 8.68. The van der Waals surface area contributed by atoms with Gasteiger partial charge in [0.25, 0.3) is 0 Å². The van der Waals surface area contributed by atoms with Crippen LogP contribution in [0.1, 0.15) is 57.1 Å². The van der Waals surface area contributed by atoms with Gasteiger partial charge in [0.05, 0.1) is 19.0 Å². The Labute approximate surface area is 142 Å². The van der Waals surface area contributed by atoms with Gasteiger partial charge in [-0.05, 0) is 17.4 Å². The molecule has 0 atom stereocenters. The highest BCUT2D eigenvalue weighted by Crippen LogP contribution is 2.28. The van der Waals surface area contributed by atoms with E-state index in [9.17, 15) is 0 Å². The Morgan fingerprint density at radius 1 is 1.08 bits per heavy atom. The van der Waals surface area contributed by atoms with E-state index in [2.05, 4.69) is 42.9 Å². The van der Waals surface area contributed by atoms with Crippen molar-refractivity contribution in [1.82, 2.24) is 24.4 Å². The zero-order valence-corrected chi connectivity index (χ0v) is 14.8. The molecule has 0 fully saturated rings. The quantitative estimate of drug-likeness (QED) is 0.721. The maximum atomic E-state index is 5.56. The molecule has 0 saturated heterocycles. The van der Waals surface area contributed by atoms with Crippen molar-refractivity contribution >= 4 is 5.65 Å². The number of rotatable bonds is 2. The minimum absolute atomic E-state index is 0.506. The van der Waals surface area contributed by atoms with Crippen LogP contribution in [-0.2, 0) is 6.54 Å². The fraction of sp³-hybridized carbons (Fsp3) is 0.500. The second-order valence-corrected chi connectivity index (χ2v) is 6.66. The van der Waals surface area contributed by atoms with E-state index in [1.54, 1.807) is 10.7 Å². The third-order valence-electron chi connectivity index (χ3n) is 4.13. The van der Waals surface area contributed by atoms with Crippen LogP contribution in [0.3, 0.4) is 0 Å². The van der Waals surface area contributed by atoms with Crippen LogP contribution in [0.15, 0.2) is 30.9 Å². The summed E-state index contributed by atoms with van der Waals surface area (Å²) in [5.74, 6) is 1.99. The van der Waals surface area contributed by atoms with Gasteiger partial charge in [-0.1, -0.05) is 27.7 Å². The lowest BCUT2D eigenvalue weighted by Crippen LogP contribution is -2.15. The van der Waals surface area contributed by atoms with Crippen LogP contribution in [0.25, 0.3) is 5.65 Å². The summed E-state index contributed by atoms with van der Waals surface area (Å²) < 4.78 is 9.31. The van der Waals surface area contributed by atoms with Gasteiger partial charge in [-0.2, -0.15) is 10.2 Å². The third-order valence-corrected chi connectivity index (χ3v) is 4.13. The first kappa shape index (κ1) is 16.5. The summed E-state index contributed by atoms with van der Waals surface area (Å²) in [6, 6.07) is 1.89. The highest BCUT2D eigenvalue weighted by molar-refractivity contribution is 5.36. The molecule has 128 valence electrons. The minimum Gasteiger partial charge on any atom is -0.478 e. The molecule has 4 heterocycles. The maximum absolute atomic E-state index is 5.56. The number of aromatic nitrogens is 5. The summed E-state index contributed by atoms with van der Waals surface area (Å²) in [6.45, 7) is 10.5. The van der Waals surface area contributed by atoms with Crippen LogP contribution < -0.4 is 4.74 Å². The Morgan fingerprint density at radius 3 is 2.67 bits per heavy atom. The van der Waals surface area contributed by atoms with E-state index in [1.165, 1.54) is 11.1 Å². The van der Waals surface area contributed by atoms with Crippen molar-refractivity contribution in [2.45, 2.75) is 52.5 Å². The standard InChI is InChI=1S/C9H11N3.C9H14N2O/c1-7(2)8-5-10-9-3-4-11-12(9)6-8;1-7(2)8-6-10-11-4-3-5-12-9(8)11/h3-7H,1-2H3;6-7H,3-5H2,1-2H3. The molecule has 0 spiro atoms. The van der Waals surface area contributed by atoms with Crippen LogP contribution in [0.4, 0.5) is 0 Å². The second kappa shape index (κ2) is 7.03. The van der Waals surface area contributed by atoms with E-state index >= 15 is 0 Å². The van der Waals surface area contributed by atoms with Crippen molar-refractivity contribution in [1.29, 1.82) is 0 Å². The fourth-order valence-electron chi connectivity index (χ4n) is 2.61. The predicted molar refractivity (Wildman–Crippen MR) is 93.5 cm³/mol. The molecule has 6 nitrogen and oxygen atoms in total. The van der Waals surface area contributed by atoms with E-state index in [0.29, 0.717) is 11.8 Å². The van der Waals surface area contributed by atoms with Crippen molar-refractivity contribution in [3.8, 4) is 5.88 Å². The molecule has 0 radical (unpaired) electrons. The van der Waals surface area contributed by atoms with Crippen LogP contribution in [-0.4, -0.2) is 31.0 Å². The zero-order chi connectivity index (χ0) is 17.1. The average Bonchev–Trinajstić information content (AvgIpc) is 3.21. The van der Waals surface area contributed by atoms with E-state index in [0.717, 1.165) is 31.1 Å². The molecule has 0 amide bonds.